The van der Waals surface area contributed by atoms with Crippen molar-refractivity contribution < 1.29 is 4.79 Å². The SMILES string of the molecule is CC(CNC(=O)Nc1ccc(-n2cncn2)nc1)N1CCCC1. The fraction of sp³-hybridized carbons (Fsp3) is 0.467. The quantitative estimate of drug-likeness (QED) is 0.867. The van der Waals surface area contributed by atoms with Crippen LogP contribution in [0.5, 0.6) is 0 Å². The average molecular weight is 315 g/mol. The lowest BCUT2D eigenvalue weighted by Gasteiger charge is -2.23. The second-order valence-corrected chi connectivity index (χ2v) is 5.67. The summed E-state index contributed by atoms with van der Waals surface area (Å²) in [6, 6.07) is 3.70. The van der Waals surface area contributed by atoms with Crippen molar-refractivity contribution in [3.05, 3.63) is 31.0 Å². The molecular weight excluding hydrogens is 294 g/mol. The zero-order chi connectivity index (χ0) is 16.1. The van der Waals surface area contributed by atoms with Crippen LogP contribution in [0.1, 0.15) is 19.8 Å². The number of hydrogen-bond acceptors (Lipinski definition) is 5. The molecule has 1 saturated heterocycles. The van der Waals surface area contributed by atoms with Gasteiger partial charge < -0.3 is 10.6 Å². The molecule has 0 aliphatic carbocycles. The third-order valence-corrected chi connectivity index (χ3v) is 3.98. The molecule has 1 fully saturated rings. The van der Waals surface area contributed by atoms with E-state index in [1.54, 1.807) is 29.3 Å². The molecule has 0 radical (unpaired) electrons. The lowest BCUT2D eigenvalue weighted by Crippen LogP contribution is -2.42. The third kappa shape index (κ3) is 4.04. The Bertz CT molecular complexity index is 620. The van der Waals surface area contributed by atoms with E-state index in [0.717, 1.165) is 13.1 Å². The average Bonchev–Trinajstić information content (AvgIpc) is 3.26. The van der Waals surface area contributed by atoms with Crippen LogP contribution in [-0.2, 0) is 0 Å². The fourth-order valence-corrected chi connectivity index (χ4v) is 2.65. The first kappa shape index (κ1) is 15.4. The molecule has 3 heterocycles. The number of urea groups is 1. The molecule has 0 saturated carbocycles. The summed E-state index contributed by atoms with van der Waals surface area (Å²) in [7, 11) is 0. The number of anilines is 1. The summed E-state index contributed by atoms with van der Waals surface area (Å²) in [6.07, 6.45) is 7.12. The molecule has 122 valence electrons. The Labute approximate surface area is 134 Å². The van der Waals surface area contributed by atoms with Crippen molar-refractivity contribution in [1.82, 2.24) is 30.0 Å². The number of likely N-dealkylation sites (tertiary alicyclic amines) is 1. The van der Waals surface area contributed by atoms with Crippen LogP contribution in [0.15, 0.2) is 31.0 Å². The number of rotatable bonds is 5. The minimum absolute atomic E-state index is 0.216. The van der Waals surface area contributed by atoms with Crippen molar-refractivity contribution >= 4 is 11.7 Å². The number of carbonyl (C=O) groups is 1. The van der Waals surface area contributed by atoms with E-state index in [1.165, 1.54) is 19.2 Å². The van der Waals surface area contributed by atoms with E-state index in [-0.39, 0.29) is 6.03 Å². The topological polar surface area (TPSA) is 88.0 Å². The molecule has 2 aromatic rings. The van der Waals surface area contributed by atoms with Gasteiger partial charge in [-0.2, -0.15) is 5.10 Å². The normalized spacial score (nSPS) is 16.2. The molecule has 0 spiro atoms. The van der Waals surface area contributed by atoms with Crippen molar-refractivity contribution in [3.63, 3.8) is 0 Å². The van der Waals surface area contributed by atoms with Crippen molar-refractivity contribution in [2.75, 3.05) is 25.0 Å². The molecule has 2 aromatic heterocycles. The second-order valence-electron chi connectivity index (χ2n) is 5.67. The summed E-state index contributed by atoms with van der Waals surface area (Å²) in [5.41, 5.74) is 0.639. The van der Waals surface area contributed by atoms with Crippen LogP contribution >= 0.6 is 0 Å². The van der Waals surface area contributed by atoms with E-state index in [2.05, 4.69) is 37.5 Å². The zero-order valence-electron chi connectivity index (χ0n) is 13.1. The van der Waals surface area contributed by atoms with Crippen LogP contribution < -0.4 is 10.6 Å². The van der Waals surface area contributed by atoms with Crippen molar-refractivity contribution in [2.24, 2.45) is 0 Å². The molecule has 1 aliphatic heterocycles. The van der Waals surface area contributed by atoms with Gasteiger partial charge in [-0.25, -0.2) is 19.4 Å². The minimum Gasteiger partial charge on any atom is -0.336 e. The number of amides is 2. The Morgan fingerprint density at radius 3 is 2.83 bits per heavy atom. The Morgan fingerprint density at radius 1 is 1.35 bits per heavy atom. The van der Waals surface area contributed by atoms with E-state index in [9.17, 15) is 4.79 Å². The highest BCUT2D eigenvalue weighted by atomic mass is 16.2. The predicted octanol–water partition coefficient (Wildman–Crippen LogP) is 1.27. The highest BCUT2D eigenvalue weighted by Crippen LogP contribution is 2.11. The second kappa shape index (κ2) is 7.19. The van der Waals surface area contributed by atoms with Gasteiger partial charge in [0.2, 0.25) is 0 Å². The largest absolute Gasteiger partial charge is 0.336 e. The number of hydrogen-bond donors (Lipinski definition) is 2. The van der Waals surface area contributed by atoms with E-state index < -0.39 is 0 Å². The summed E-state index contributed by atoms with van der Waals surface area (Å²) < 4.78 is 1.56. The molecule has 1 aliphatic rings. The molecule has 1 unspecified atom stereocenters. The molecule has 8 heteroatoms. The first-order valence-electron chi connectivity index (χ1n) is 7.82. The van der Waals surface area contributed by atoms with Gasteiger partial charge >= 0.3 is 6.03 Å². The maximum Gasteiger partial charge on any atom is 0.319 e. The Balaban J connectivity index is 1.47. The van der Waals surface area contributed by atoms with E-state index in [4.69, 9.17) is 0 Å². The molecule has 1 atom stereocenters. The molecule has 2 N–H and O–H groups in total. The van der Waals surface area contributed by atoms with Gasteiger partial charge in [0.15, 0.2) is 5.82 Å². The smallest absolute Gasteiger partial charge is 0.319 e. The van der Waals surface area contributed by atoms with Gasteiger partial charge in [0, 0.05) is 12.6 Å². The van der Waals surface area contributed by atoms with Gasteiger partial charge in [-0.15, -0.1) is 0 Å². The predicted molar refractivity (Wildman–Crippen MR) is 86.4 cm³/mol. The summed E-state index contributed by atoms with van der Waals surface area (Å²) in [6.45, 7) is 5.02. The van der Waals surface area contributed by atoms with Gasteiger partial charge in [0.1, 0.15) is 12.7 Å². The first-order valence-corrected chi connectivity index (χ1v) is 7.82. The molecule has 0 aromatic carbocycles. The lowest BCUT2D eigenvalue weighted by molar-refractivity contribution is 0.234. The number of pyridine rings is 1. The van der Waals surface area contributed by atoms with Crippen LogP contribution in [0.3, 0.4) is 0 Å². The van der Waals surface area contributed by atoms with Crippen LogP contribution in [0.4, 0.5) is 10.5 Å². The van der Waals surface area contributed by atoms with Crippen molar-refractivity contribution in [1.29, 1.82) is 0 Å². The van der Waals surface area contributed by atoms with E-state index in [1.807, 2.05) is 0 Å². The van der Waals surface area contributed by atoms with Gasteiger partial charge in [0.25, 0.3) is 0 Å². The molecule has 2 amide bonds. The first-order chi connectivity index (χ1) is 11.2. The van der Waals surface area contributed by atoms with Crippen LogP contribution in [0, 0.1) is 0 Å². The van der Waals surface area contributed by atoms with Crippen LogP contribution in [-0.4, -0.2) is 56.4 Å². The third-order valence-electron chi connectivity index (χ3n) is 3.98. The Hall–Kier alpha value is -2.48. The number of nitrogens with one attached hydrogen (secondary N) is 2. The summed E-state index contributed by atoms with van der Waals surface area (Å²) in [4.78, 5) is 22.5. The molecule has 3 rings (SSSR count). The van der Waals surface area contributed by atoms with Gasteiger partial charge in [-0.05, 0) is 45.0 Å². The molecule has 8 nitrogen and oxygen atoms in total. The highest BCUT2D eigenvalue weighted by molar-refractivity contribution is 5.89. The number of nitrogens with zero attached hydrogens (tertiary/aromatic N) is 5. The summed E-state index contributed by atoms with van der Waals surface area (Å²) in [5, 5.41) is 9.69. The van der Waals surface area contributed by atoms with Crippen molar-refractivity contribution in [3.8, 4) is 5.82 Å². The van der Waals surface area contributed by atoms with Gasteiger partial charge in [-0.3, -0.25) is 4.90 Å². The Morgan fingerprint density at radius 2 is 2.17 bits per heavy atom. The van der Waals surface area contributed by atoms with E-state index in [0.29, 0.717) is 24.1 Å². The maximum atomic E-state index is 11.9. The highest BCUT2D eigenvalue weighted by Gasteiger charge is 2.18. The Kier molecular flexibility index (Phi) is 4.82. The maximum absolute atomic E-state index is 11.9. The lowest BCUT2D eigenvalue weighted by atomic mass is 10.3. The van der Waals surface area contributed by atoms with Crippen LogP contribution in [0.2, 0.25) is 0 Å². The molecule has 23 heavy (non-hydrogen) atoms. The van der Waals surface area contributed by atoms with Gasteiger partial charge in [-0.1, -0.05) is 0 Å². The summed E-state index contributed by atoms with van der Waals surface area (Å²) in [5.74, 6) is 0.649. The fourth-order valence-electron chi connectivity index (χ4n) is 2.65. The monoisotopic (exact) mass is 315 g/mol. The number of carbonyl (C=O) groups excluding carboxylic acids is 1. The molecular formula is C15H21N7O. The molecule has 0 bridgehead atoms. The standard InChI is InChI=1S/C15H21N7O/c1-12(21-6-2-3-7-21)8-18-15(23)20-13-4-5-14(17-9-13)22-11-16-10-19-22/h4-5,9-12H,2-3,6-8H2,1H3,(H2,18,20,23). The zero-order valence-corrected chi connectivity index (χ0v) is 13.1. The van der Waals surface area contributed by atoms with Crippen LogP contribution in [0.25, 0.3) is 5.82 Å². The van der Waals surface area contributed by atoms with Crippen molar-refractivity contribution in [2.45, 2.75) is 25.8 Å². The minimum atomic E-state index is -0.216. The summed E-state index contributed by atoms with van der Waals surface area (Å²) >= 11 is 0. The van der Waals surface area contributed by atoms with E-state index >= 15 is 0 Å². The van der Waals surface area contributed by atoms with Gasteiger partial charge in [0.05, 0.1) is 11.9 Å². The number of aromatic nitrogens is 4.